The van der Waals surface area contributed by atoms with Crippen LogP contribution in [0.15, 0.2) is 28.8 Å². The average molecular weight is 316 g/mol. The summed E-state index contributed by atoms with van der Waals surface area (Å²) < 4.78 is 10.4. The molecule has 0 spiro atoms. The van der Waals surface area contributed by atoms with Gasteiger partial charge in [0.25, 0.3) is 0 Å². The summed E-state index contributed by atoms with van der Waals surface area (Å²) in [6.45, 7) is 3.02. The van der Waals surface area contributed by atoms with Crippen LogP contribution in [0, 0.1) is 0 Å². The SMILES string of the molecule is COCc1noc(C(C)N2CCC(C(N)=O)c3ccccc32)n1. The van der Waals surface area contributed by atoms with Crippen LogP contribution in [-0.4, -0.2) is 29.7 Å². The molecule has 7 nitrogen and oxygen atoms in total. The number of carbonyl (C=O) groups is 1. The van der Waals surface area contributed by atoms with Gasteiger partial charge in [-0.1, -0.05) is 23.4 Å². The lowest BCUT2D eigenvalue weighted by Crippen LogP contribution is -2.37. The standard InChI is InChI=1S/C16H20N4O3/c1-10(16-18-14(9-22-2)19-23-16)20-8-7-12(15(17)21)11-5-3-4-6-13(11)20/h3-6,10,12H,7-9H2,1-2H3,(H2,17,21). The van der Waals surface area contributed by atoms with Gasteiger partial charge in [0.1, 0.15) is 12.6 Å². The van der Waals surface area contributed by atoms with Crippen LogP contribution in [0.1, 0.15) is 42.6 Å². The van der Waals surface area contributed by atoms with Crippen molar-refractivity contribution in [2.45, 2.75) is 31.9 Å². The molecule has 1 aliphatic heterocycles. The van der Waals surface area contributed by atoms with Crippen molar-refractivity contribution in [1.82, 2.24) is 10.1 Å². The maximum Gasteiger partial charge on any atom is 0.249 e. The number of anilines is 1. The van der Waals surface area contributed by atoms with Gasteiger partial charge in [-0.2, -0.15) is 4.98 Å². The lowest BCUT2D eigenvalue weighted by Gasteiger charge is -2.37. The number of amides is 1. The molecule has 23 heavy (non-hydrogen) atoms. The Kier molecular flexibility index (Phi) is 4.29. The Morgan fingerprint density at radius 2 is 2.30 bits per heavy atom. The Balaban J connectivity index is 1.90. The highest BCUT2D eigenvalue weighted by Crippen LogP contribution is 2.39. The molecule has 0 bridgehead atoms. The van der Waals surface area contributed by atoms with Crippen LogP contribution < -0.4 is 10.6 Å². The molecule has 0 radical (unpaired) electrons. The molecule has 122 valence electrons. The summed E-state index contributed by atoms with van der Waals surface area (Å²) in [5.41, 5.74) is 7.48. The summed E-state index contributed by atoms with van der Waals surface area (Å²) in [5, 5.41) is 3.91. The molecule has 7 heteroatoms. The summed E-state index contributed by atoms with van der Waals surface area (Å²) in [6.07, 6.45) is 0.676. The van der Waals surface area contributed by atoms with E-state index in [4.69, 9.17) is 15.0 Å². The average Bonchev–Trinajstić information content (AvgIpc) is 3.02. The molecule has 3 rings (SSSR count). The van der Waals surface area contributed by atoms with E-state index in [1.807, 2.05) is 31.2 Å². The van der Waals surface area contributed by atoms with Crippen LogP contribution in [0.2, 0.25) is 0 Å². The van der Waals surface area contributed by atoms with Gasteiger partial charge in [-0.3, -0.25) is 4.79 Å². The van der Waals surface area contributed by atoms with Gasteiger partial charge in [0, 0.05) is 19.3 Å². The van der Waals surface area contributed by atoms with E-state index < -0.39 is 0 Å². The monoisotopic (exact) mass is 316 g/mol. The zero-order valence-corrected chi connectivity index (χ0v) is 13.2. The van der Waals surface area contributed by atoms with Crippen LogP contribution in [0.25, 0.3) is 0 Å². The summed E-state index contributed by atoms with van der Waals surface area (Å²) >= 11 is 0. The maximum atomic E-state index is 11.7. The minimum absolute atomic E-state index is 0.0944. The first-order valence-corrected chi connectivity index (χ1v) is 7.58. The van der Waals surface area contributed by atoms with E-state index in [9.17, 15) is 4.79 Å². The van der Waals surface area contributed by atoms with Gasteiger partial charge >= 0.3 is 0 Å². The van der Waals surface area contributed by atoms with E-state index in [0.717, 1.165) is 11.3 Å². The number of aromatic nitrogens is 2. The predicted octanol–water partition coefficient (Wildman–Crippen LogP) is 1.76. The van der Waals surface area contributed by atoms with Gasteiger partial charge in [-0.15, -0.1) is 0 Å². The van der Waals surface area contributed by atoms with E-state index >= 15 is 0 Å². The van der Waals surface area contributed by atoms with Gasteiger partial charge in [-0.25, -0.2) is 0 Å². The van der Waals surface area contributed by atoms with E-state index in [0.29, 0.717) is 31.3 Å². The molecule has 1 aliphatic rings. The smallest absolute Gasteiger partial charge is 0.249 e. The number of hydrogen-bond donors (Lipinski definition) is 1. The third-order valence-corrected chi connectivity index (χ3v) is 4.21. The zero-order valence-electron chi connectivity index (χ0n) is 13.2. The number of ether oxygens (including phenoxy) is 1. The lowest BCUT2D eigenvalue weighted by atomic mass is 9.88. The molecule has 1 aromatic heterocycles. The van der Waals surface area contributed by atoms with Crippen LogP contribution >= 0.6 is 0 Å². The molecule has 0 aliphatic carbocycles. The van der Waals surface area contributed by atoms with Gasteiger partial charge in [0.2, 0.25) is 11.8 Å². The highest BCUT2D eigenvalue weighted by atomic mass is 16.5. The molecule has 2 atom stereocenters. The second kappa shape index (κ2) is 6.37. The number of fused-ring (bicyclic) bond motifs is 1. The van der Waals surface area contributed by atoms with Crippen molar-refractivity contribution in [3.8, 4) is 0 Å². The van der Waals surface area contributed by atoms with Crippen molar-refractivity contribution in [2.75, 3.05) is 18.6 Å². The summed E-state index contributed by atoms with van der Waals surface area (Å²) in [7, 11) is 1.59. The minimum Gasteiger partial charge on any atom is -0.377 e. The number of para-hydroxylation sites is 1. The van der Waals surface area contributed by atoms with Crippen molar-refractivity contribution >= 4 is 11.6 Å². The zero-order chi connectivity index (χ0) is 16.4. The fraction of sp³-hybridized carbons (Fsp3) is 0.438. The molecule has 2 N–H and O–H groups in total. The first-order valence-electron chi connectivity index (χ1n) is 7.58. The van der Waals surface area contributed by atoms with E-state index in [-0.39, 0.29) is 17.9 Å². The van der Waals surface area contributed by atoms with Crippen LogP contribution in [0.5, 0.6) is 0 Å². The first-order chi connectivity index (χ1) is 11.1. The van der Waals surface area contributed by atoms with Crippen molar-refractivity contribution in [3.05, 3.63) is 41.5 Å². The number of hydrogen-bond acceptors (Lipinski definition) is 6. The number of rotatable bonds is 5. The van der Waals surface area contributed by atoms with E-state index in [1.54, 1.807) is 7.11 Å². The van der Waals surface area contributed by atoms with Gasteiger partial charge in [-0.05, 0) is 25.0 Å². The fourth-order valence-corrected chi connectivity index (χ4v) is 3.04. The number of benzene rings is 1. The first kappa shape index (κ1) is 15.5. The topological polar surface area (TPSA) is 94.5 Å². The summed E-state index contributed by atoms with van der Waals surface area (Å²) in [6, 6.07) is 7.72. The third kappa shape index (κ3) is 2.92. The number of methoxy groups -OCH3 is 1. The Bertz CT molecular complexity index is 700. The van der Waals surface area contributed by atoms with Crippen LogP contribution in [-0.2, 0) is 16.1 Å². The predicted molar refractivity (Wildman–Crippen MR) is 83.8 cm³/mol. The Labute approximate surface area is 134 Å². The molecule has 0 fully saturated rings. The highest BCUT2D eigenvalue weighted by Gasteiger charge is 2.32. The normalized spacial score (nSPS) is 18.5. The molecule has 2 heterocycles. The molecule has 1 amide bonds. The molecule has 1 aromatic carbocycles. The van der Waals surface area contributed by atoms with Crippen molar-refractivity contribution in [3.63, 3.8) is 0 Å². The lowest BCUT2D eigenvalue weighted by molar-refractivity contribution is -0.119. The molecular formula is C16H20N4O3. The fourth-order valence-electron chi connectivity index (χ4n) is 3.04. The van der Waals surface area contributed by atoms with Crippen molar-refractivity contribution in [2.24, 2.45) is 5.73 Å². The third-order valence-electron chi connectivity index (χ3n) is 4.21. The quantitative estimate of drug-likeness (QED) is 0.903. The van der Waals surface area contributed by atoms with E-state index in [2.05, 4.69) is 15.0 Å². The molecule has 0 saturated carbocycles. The minimum atomic E-state index is -0.287. The van der Waals surface area contributed by atoms with Gasteiger partial charge in [0.05, 0.1) is 5.92 Å². The molecule has 2 aromatic rings. The Hall–Kier alpha value is -2.41. The van der Waals surface area contributed by atoms with Crippen molar-refractivity contribution < 1.29 is 14.1 Å². The number of nitrogens with zero attached hydrogens (tertiary/aromatic N) is 3. The van der Waals surface area contributed by atoms with Crippen LogP contribution in [0.4, 0.5) is 5.69 Å². The van der Waals surface area contributed by atoms with Crippen molar-refractivity contribution in [1.29, 1.82) is 0 Å². The van der Waals surface area contributed by atoms with Gasteiger partial charge < -0.3 is 19.9 Å². The molecular weight excluding hydrogens is 296 g/mol. The van der Waals surface area contributed by atoms with Crippen LogP contribution in [0.3, 0.4) is 0 Å². The summed E-state index contributed by atoms with van der Waals surface area (Å²) in [5.74, 6) is 0.519. The Morgan fingerprint density at radius 1 is 1.52 bits per heavy atom. The largest absolute Gasteiger partial charge is 0.377 e. The number of primary amides is 1. The molecule has 0 saturated heterocycles. The molecule has 2 unspecified atom stereocenters. The number of carbonyl (C=O) groups excluding carboxylic acids is 1. The second-order valence-electron chi connectivity index (χ2n) is 5.65. The Morgan fingerprint density at radius 3 is 3.04 bits per heavy atom. The second-order valence-corrected chi connectivity index (χ2v) is 5.65. The maximum absolute atomic E-state index is 11.7. The number of nitrogens with two attached hydrogens (primary N) is 1. The summed E-state index contributed by atoms with van der Waals surface area (Å²) in [4.78, 5) is 18.2. The highest BCUT2D eigenvalue weighted by molar-refractivity contribution is 5.85. The van der Waals surface area contributed by atoms with E-state index in [1.165, 1.54) is 0 Å². The van der Waals surface area contributed by atoms with Gasteiger partial charge in [0.15, 0.2) is 5.82 Å².